The zero-order valence-corrected chi connectivity index (χ0v) is 10.3. The zero-order chi connectivity index (χ0) is 13.4. The number of amides is 1. The van der Waals surface area contributed by atoms with E-state index in [0.717, 1.165) is 24.9 Å². The van der Waals surface area contributed by atoms with Crippen LogP contribution in [0.15, 0.2) is 6.33 Å². The highest BCUT2D eigenvalue weighted by Gasteiger charge is 2.26. The first-order valence-corrected chi connectivity index (χ1v) is 6.16. The van der Waals surface area contributed by atoms with Gasteiger partial charge in [-0.05, 0) is 12.8 Å². The van der Waals surface area contributed by atoms with E-state index in [0.29, 0.717) is 18.0 Å². The second-order valence-corrected chi connectivity index (χ2v) is 4.69. The zero-order valence-electron chi connectivity index (χ0n) is 10.3. The number of nitrogens with two attached hydrogens (primary N) is 2. The number of primary amides is 1. The van der Waals surface area contributed by atoms with Gasteiger partial charge in [0.2, 0.25) is 11.9 Å². The van der Waals surface area contributed by atoms with Gasteiger partial charge in [0.05, 0.1) is 12.2 Å². The van der Waals surface area contributed by atoms with Crippen LogP contribution in [0.4, 0.5) is 11.8 Å². The molecular weight excluding hydrogens is 246 g/mol. The van der Waals surface area contributed by atoms with E-state index in [1.807, 2.05) is 4.90 Å². The quantitative estimate of drug-likeness (QED) is 0.677. The average Bonchev–Trinajstić information content (AvgIpc) is 2.85. The van der Waals surface area contributed by atoms with Gasteiger partial charge in [0.15, 0.2) is 11.5 Å². The van der Waals surface area contributed by atoms with Gasteiger partial charge >= 0.3 is 0 Å². The fraction of sp³-hybridized carbons (Fsp3) is 0.455. The topological polar surface area (TPSA) is 127 Å². The number of hydrogen-bond acceptors (Lipinski definition) is 6. The lowest BCUT2D eigenvalue weighted by Crippen LogP contribution is -2.41. The van der Waals surface area contributed by atoms with Crippen LogP contribution in [0.5, 0.6) is 0 Å². The lowest BCUT2D eigenvalue weighted by Gasteiger charge is -2.32. The summed E-state index contributed by atoms with van der Waals surface area (Å²) in [4.78, 5) is 28.7. The van der Waals surface area contributed by atoms with E-state index in [1.54, 1.807) is 6.33 Å². The molecule has 2 aromatic rings. The number of carbonyl (C=O) groups is 1. The Morgan fingerprint density at radius 3 is 3.11 bits per heavy atom. The normalized spacial score (nSPS) is 19.8. The van der Waals surface area contributed by atoms with Gasteiger partial charge in [-0.3, -0.25) is 4.79 Å². The van der Waals surface area contributed by atoms with Gasteiger partial charge in [0.1, 0.15) is 5.52 Å². The number of carbonyl (C=O) groups excluding carboxylic acids is 1. The summed E-state index contributed by atoms with van der Waals surface area (Å²) in [5.41, 5.74) is 12.3. The van der Waals surface area contributed by atoms with Gasteiger partial charge in [0.25, 0.3) is 0 Å². The first-order chi connectivity index (χ1) is 9.15. The second-order valence-electron chi connectivity index (χ2n) is 4.69. The van der Waals surface area contributed by atoms with Crippen molar-refractivity contribution in [1.29, 1.82) is 0 Å². The van der Waals surface area contributed by atoms with Gasteiger partial charge < -0.3 is 21.4 Å². The van der Waals surface area contributed by atoms with Crippen LogP contribution in [-0.4, -0.2) is 38.9 Å². The number of aromatic amines is 1. The smallest absolute Gasteiger partial charge is 0.224 e. The monoisotopic (exact) mass is 261 g/mol. The summed E-state index contributed by atoms with van der Waals surface area (Å²) in [7, 11) is 0. The molecule has 5 N–H and O–H groups in total. The van der Waals surface area contributed by atoms with Crippen molar-refractivity contribution in [3.8, 4) is 0 Å². The summed E-state index contributed by atoms with van der Waals surface area (Å²) in [5.74, 6) is 0.442. The number of nitrogens with one attached hydrogen (secondary N) is 1. The van der Waals surface area contributed by atoms with Gasteiger partial charge in [-0.15, -0.1) is 0 Å². The van der Waals surface area contributed by atoms with E-state index < -0.39 is 0 Å². The Labute approximate surface area is 109 Å². The molecule has 0 aromatic carbocycles. The lowest BCUT2D eigenvalue weighted by molar-refractivity contribution is -0.122. The van der Waals surface area contributed by atoms with Crippen LogP contribution in [-0.2, 0) is 4.79 Å². The Morgan fingerprint density at radius 2 is 2.32 bits per heavy atom. The molecule has 1 amide bonds. The maximum Gasteiger partial charge on any atom is 0.224 e. The molecule has 8 heteroatoms. The van der Waals surface area contributed by atoms with E-state index in [2.05, 4.69) is 19.9 Å². The largest absolute Gasteiger partial charge is 0.369 e. The van der Waals surface area contributed by atoms with Gasteiger partial charge in [0, 0.05) is 13.1 Å². The van der Waals surface area contributed by atoms with Crippen LogP contribution in [0.3, 0.4) is 0 Å². The first-order valence-electron chi connectivity index (χ1n) is 6.16. The fourth-order valence-corrected chi connectivity index (χ4v) is 2.46. The fourth-order valence-electron chi connectivity index (χ4n) is 2.46. The summed E-state index contributed by atoms with van der Waals surface area (Å²) < 4.78 is 0. The predicted octanol–water partition coefficient (Wildman–Crippen LogP) is -0.363. The van der Waals surface area contributed by atoms with Crippen LogP contribution < -0.4 is 16.4 Å². The Balaban J connectivity index is 1.99. The molecule has 100 valence electrons. The highest BCUT2D eigenvalue weighted by molar-refractivity contribution is 5.85. The van der Waals surface area contributed by atoms with E-state index in [-0.39, 0.29) is 17.8 Å². The molecular formula is C11H15N7O. The molecule has 0 radical (unpaired) electrons. The van der Waals surface area contributed by atoms with Crippen LogP contribution in [0.2, 0.25) is 0 Å². The molecule has 2 aromatic heterocycles. The molecule has 19 heavy (non-hydrogen) atoms. The number of nitrogens with zero attached hydrogens (tertiary/aromatic N) is 4. The number of H-pyrrole nitrogens is 1. The molecule has 1 saturated heterocycles. The number of nitrogen functional groups attached to an aromatic ring is 1. The van der Waals surface area contributed by atoms with Gasteiger partial charge in [-0.2, -0.15) is 9.97 Å². The highest BCUT2D eigenvalue weighted by atomic mass is 16.1. The van der Waals surface area contributed by atoms with Crippen molar-refractivity contribution in [2.45, 2.75) is 12.8 Å². The summed E-state index contributed by atoms with van der Waals surface area (Å²) >= 11 is 0. The Hall–Kier alpha value is -2.38. The van der Waals surface area contributed by atoms with Crippen LogP contribution in [0, 0.1) is 5.92 Å². The third-order valence-corrected chi connectivity index (χ3v) is 3.41. The summed E-state index contributed by atoms with van der Waals surface area (Å²) in [6.45, 7) is 1.37. The summed E-state index contributed by atoms with van der Waals surface area (Å²) in [6.07, 6.45) is 3.27. The third kappa shape index (κ3) is 2.05. The minimum absolute atomic E-state index is 0.150. The van der Waals surface area contributed by atoms with Crippen LogP contribution >= 0.6 is 0 Å². The van der Waals surface area contributed by atoms with Gasteiger partial charge in [-0.25, -0.2) is 4.98 Å². The van der Waals surface area contributed by atoms with Crippen molar-refractivity contribution in [3.05, 3.63) is 6.33 Å². The number of anilines is 2. The summed E-state index contributed by atoms with van der Waals surface area (Å²) in [6, 6.07) is 0. The number of imidazole rings is 1. The van der Waals surface area contributed by atoms with E-state index in [1.165, 1.54) is 0 Å². The van der Waals surface area contributed by atoms with Crippen molar-refractivity contribution >= 4 is 28.8 Å². The predicted molar refractivity (Wildman–Crippen MR) is 70.2 cm³/mol. The Bertz CT molecular complexity index is 623. The molecule has 1 fully saturated rings. The number of fused-ring (bicyclic) bond motifs is 1. The maximum absolute atomic E-state index is 11.3. The molecule has 0 bridgehead atoms. The molecule has 1 unspecified atom stereocenters. The number of hydrogen-bond donors (Lipinski definition) is 3. The lowest BCUT2D eigenvalue weighted by atomic mass is 9.97. The molecule has 0 aliphatic carbocycles. The molecule has 3 heterocycles. The molecule has 0 saturated carbocycles. The minimum Gasteiger partial charge on any atom is -0.369 e. The van der Waals surface area contributed by atoms with E-state index in [4.69, 9.17) is 11.5 Å². The standard InChI is InChI=1S/C11H15N7O/c12-8(19)6-2-1-3-18(4-6)10-7-9(15-5-14-7)16-11(13)17-10/h5-6H,1-4H2,(H2,12,19)(H3,13,14,15,16,17). The molecule has 1 aliphatic heterocycles. The Kier molecular flexibility index (Phi) is 2.69. The second kappa shape index (κ2) is 4.38. The van der Waals surface area contributed by atoms with E-state index in [9.17, 15) is 4.79 Å². The third-order valence-electron chi connectivity index (χ3n) is 3.41. The van der Waals surface area contributed by atoms with Crippen LogP contribution in [0.25, 0.3) is 11.2 Å². The maximum atomic E-state index is 11.3. The van der Waals surface area contributed by atoms with Crippen molar-refractivity contribution in [3.63, 3.8) is 0 Å². The average molecular weight is 261 g/mol. The number of piperidine rings is 1. The van der Waals surface area contributed by atoms with Crippen molar-refractivity contribution in [2.24, 2.45) is 11.7 Å². The van der Waals surface area contributed by atoms with Gasteiger partial charge in [-0.1, -0.05) is 0 Å². The molecule has 8 nitrogen and oxygen atoms in total. The molecule has 0 spiro atoms. The van der Waals surface area contributed by atoms with Crippen molar-refractivity contribution < 1.29 is 4.79 Å². The minimum atomic E-state index is -0.271. The Morgan fingerprint density at radius 1 is 1.47 bits per heavy atom. The highest BCUT2D eigenvalue weighted by Crippen LogP contribution is 2.26. The SMILES string of the molecule is NC(=O)C1CCCN(c2nc(N)nc3nc[nH]c23)C1. The van der Waals surface area contributed by atoms with Crippen LogP contribution in [0.1, 0.15) is 12.8 Å². The van der Waals surface area contributed by atoms with E-state index >= 15 is 0 Å². The van der Waals surface area contributed by atoms with Crippen molar-refractivity contribution in [2.75, 3.05) is 23.7 Å². The molecule has 1 atom stereocenters. The number of rotatable bonds is 2. The van der Waals surface area contributed by atoms with Crippen molar-refractivity contribution in [1.82, 2.24) is 19.9 Å². The molecule has 1 aliphatic rings. The first kappa shape index (κ1) is 11.7. The number of aromatic nitrogens is 4. The summed E-state index contributed by atoms with van der Waals surface area (Å²) in [5, 5.41) is 0. The molecule has 3 rings (SSSR count).